The van der Waals surface area contributed by atoms with Gasteiger partial charge < -0.3 is 5.73 Å². The molecule has 1 aliphatic carbocycles. The van der Waals surface area contributed by atoms with Crippen LogP contribution in [-0.2, 0) is 0 Å². The zero-order valence-corrected chi connectivity index (χ0v) is 11.4. The molecule has 1 aromatic heterocycles. The van der Waals surface area contributed by atoms with Gasteiger partial charge in [-0.15, -0.1) is 0 Å². The highest BCUT2D eigenvalue weighted by atomic mass is 15.3. The summed E-state index contributed by atoms with van der Waals surface area (Å²) in [6.07, 6.45) is 8.15. The minimum absolute atomic E-state index is 0.471. The number of nitrogens with two attached hydrogens (primary N) is 1. The Morgan fingerprint density at radius 3 is 2.80 bits per heavy atom. The van der Waals surface area contributed by atoms with E-state index < -0.39 is 0 Å². The van der Waals surface area contributed by atoms with Crippen LogP contribution >= 0.6 is 0 Å². The molecular weight excluding hydrogens is 248 g/mol. The fraction of sp³-hybridized carbons (Fsp3) is 0.375. The molecule has 1 saturated carbocycles. The van der Waals surface area contributed by atoms with Crippen molar-refractivity contribution in [3.63, 3.8) is 0 Å². The summed E-state index contributed by atoms with van der Waals surface area (Å²) in [6.45, 7) is 0. The first-order valence-electron chi connectivity index (χ1n) is 7.13. The Morgan fingerprint density at radius 1 is 1.25 bits per heavy atom. The number of rotatable bonds is 2. The van der Waals surface area contributed by atoms with E-state index in [0.717, 1.165) is 11.3 Å². The van der Waals surface area contributed by atoms with Gasteiger partial charge in [0.05, 0.1) is 23.4 Å². The lowest BCUT2D eigenvalue weighted by molar-refractivity contribution is 0.330. The van der Waals surface area contributed by atoms with Gasteiger partial charge in [0.1, 0.15) is 5.69 Å². The second kappa shape index (κ2) is 5.38. The Labute approximate surface area is 118 Å². The van der Waals surface area contributed by atoms with Crippen molar-refractivity contribution in [2.45, 2.75) is 38.1 Å². The number of hydrogen-bond donors (Lipinski definition) is 1. The zero-order chi connectivity index (χ0) is 13.9. The van der Waals surface area contributed by atoms with Crippen LogP contribution in [0.25, 0.3) is 11.3 Å². The van der Waals surface area contributed by atoms with E-state index in [9.17, 15) is 0 Å². The van der Waals surface area contributed by atoms with Crippen LogP contribution < -0.4 is 5.73 Å². The number of aromatic nitrogens is 2. The lowest BCUT2D eigenvalue weighted by Gasteiger charge is -2.21. The molecule has 0 atom stereocenters. The van der Waals surface area contributed by atoms with Crippen molar-refractivity contribution in [1.82, 2.24) is 9.78 Å². The van der Waals surface area contributed by atoms with Crippen LogP contribution in [0, 0.1) is 11.3 Å². The van der Waals surface area contributed by atoms with Crippen LogP contribution in [0.3, 0.4) is 0 Å². The molecule has 0 aliphatic heterocycles. The van der Waals surface area contributed by atoms with E-state index in [-0.39, 0.29) is 0 Å². The molecule has 1 fully saturated rings. The van der Waals surface area contributed by atoms with Gasteiger partial charge in [-0.3, -0.25) is 4.68 Å². The maximum Gasteiger partial charge on any atom is 0.115 e. The number of hydrogen-bond acceptors (Lipinski definition) is 3. The summed E-state index contributed by atoms with van der Waals surface area (Å²) in [5.41, 5.74) is 9.12. The third kappa shape index (κ3) is 2.39. The fourth-order valence-electron chi connectivity index (χ4n) is 2.90. The maximum atomic E-state index is 8.98. The first-order valence-corrected chi connectivity index (χ1v) is 7.13. The highest BCUT2D eigenvalue weighted by Crippen LogP contribution is 2.31. The smallest absolute Gasteiger partial charge is 0.115 e. The third-order valence-electron chi connectivity index (χ3n) is 3.97. The monoisotopic (exact) mass is 266 g/mol. The molecule has 0 bridgehead atoms. The van der Waals surface area contributed by atoms with Crippen LogP contribution in [0.5, 0.6) is 0 Å². The Balaban J connectivity index is 1.94. The van der Waals surface area contributed by atoms with Crippen molar-refractivity contribution in [2.24, 2.45) is 0 Å². The summed E-state index contributed by atoms with van der Waals surface area (Å²) in [6, 6.07) is 10.1. The summed E-state index contributed by atoms with van der Waals surface area (Å²) >= 11 is 0. The molecule has 0 unspecified atom stereocenters. The fourth-order valence-corrected chi connectivity index (χ4v) is 2.90. The molecule has 2 aromatic rings. The molecule has 4 nitrogen and oxygen atoms in total. The lowest BCUT2D eigenvalue weighted by Crippen LogP contribution is -2.13. The second-order valence-corrected chi connectivity index (χ2v) is 5.40. The van der Waals surface area contributed by atoms with Gasteiger partial charge in [0.2, 0.25) is 0 Å². The van der Waals surface area contributed by atoms with E-state index in [4.69, 9.17) is 11.0 Å². The van der Waals surface area contributed by atoms with Crippen molar-refractivity contribution in [1.29, 1.82) is 5.26 Å². The van der Waals surface area contributed by atoms with Gasteiger partial charge in [-0.05, 0) is 25.0 Å². The van der Waals surface area contributed by atoms with E-state index in [1.807, 2.05) is 29.1 Å². The molecule has 102 valence electrons. The van der Waals surface area contributed by atoms with Gasteiger partial charge in [-0.2, -0.15) is 10.4 Å². The third-order valence-corrected chi connectivity index (χ3v) is 3.97. The van der Waals surface area contributed by atoms with E-state index >= 15 is 0 Å². The lowest BCUT2D eigenvalue weighted by atomic mass is 9.96. The quantitative estimate of drug-likeness (QED) is 0.904. The number of nitrogen functional groups attached to an aromatic ring is 1. The molecule has 0 saturated heterocycles. The molecule has 0 amide bonds. The number of nitrogens with zero attached hydrogens (tertiary/aromatic N) is 3. The molecule has 0 spiro atoms. The maximum absolute atomic E-state index is 8.98. The molecule has 0 radical (unpaired) electrons. The number of benzene rings is 1. The number of nitriles is 1. The zero-order valence-electron chi connectivity index (χ0n) is 11.4. The van der Waals surface area contributed by atoms with Crippen molar-refractivity contribution in [3.05, 3.63) is 36.0 Å². The largest absolute Gasteiger partial charge is 0.396 e. The average molecular weight is 266 g/mol. The van der Waals surface area contributed by atoms with Crippen LogP contribution in [0.15, 0.2) is 30.5 Å². The predicted octanol–water partition coefficient (Wildman–Crippen LogP) is 3.51. The average Bonchev–Trinajstić information content (AvgIpc) is 2.90. The van der Waals surface area contributed by atoms with E-state index in [1.54, 1.807) is 6.07 Å². The standard InChI is InChI=1S/C16H18N4/c17-10-12-5-4-6-13(9-12)16-15(18)11-20(19-16)14-7-2-1-3-8-14/h4-6,9,11,14H,1-3,7-8,18H2. The van der Waals surface area contributed by atoms with Crippen molar-refractivity contribution < 1.29 is 0 Å². The van der Waals surface area contributed by atoms with Gasteiger partial charge in [-0.25, -0.2) is 0 Å². The Hall–Kier alpha value is -2.28. The molecule has 1 heterocycles. The SMILES string of the molecule is N#Cc1cccc(-c2nn(C3CCCCC3)cc2N)c1. The molecule has 1 aromatic carbocycles. The second-order valence-electron chi connectivity index (χ2n) is 5.40. The summed E-state index contributed by atoms with van der Waals surface area (Å²) in [5.74, 6) is 0. The van der Waals surface area contributed by atoms with Crippen molar-refractivity contribution in [3.8, 4) is 17.3 Å². The van der Waals surface area contributed by atoms with Crippen LogP contribution in [0.2, 0.25) is 0 Å². The van der Waals surface area contributed by atoms with Gasteiger partial charge in [0, 0.05) is 11.8 Å². The topological polar surface area (TPSA) is 67.6 Å². The number of anilines is 1. The highest BCUT2D eigenvalue weighted by Gasteiger charge is 2.18. The first kappa shape index (κ1) is 12.7. The predicted molar refractivity (Wildman–Crippen MR) is 78.9 cm³/mol. The molecular formula is C16H18N4. The van der Waals surface area contributed by atoms with Crippen LogP contribution in [0.1, 0.15) is 43.7 Å². The van der Waals surface area contributed by atoms with Crippen LogP contribution in [0.4, 0.5) is 5.69 Å². The highest BCUT2D eigenvalue weighted by molar-refractivity contribution is 5.72. The summed E-state index contributed by atoms with van der Waals surface area (Å²) in [7, 11) is 0. The van der Waals surface area contributed by atoms with Gasteiger partial charge in [-0.1, -0.05) is 31.4 Å². The van der Waals surface area contributed by atoms with Gasteiger partial charge in [0.15, 0.2) is 0 Å². The summed E-state index contributed by atoms with van der Waals surface area (Å²) < 4.78 is 2.02. The minimum Gasteiger partial charge on any atom is -0.396 e. The minimum atomic E-state index is 0.471. The van der Waals surface area contributed by atoms with Gasteiger partial charge >= 0.3 is 0 Å². The normalized spacial score (nSPS) is 15.9. The summed E-state index contributed by atoms with van der Waals surface area (Å²) in [5, 5.41) is 13.6. The first-order chi connectivity index (χ1) is 9.78. The van der Waals surface area contributed by atoms with E-state index in [2.05, 4.69) is 11.2 Å². The molecule has 2 N–H and O–H groups in total. The molecule has 3 rings (SSSR count). The molecule has 4 heteroatoms. The Morgan fingerprint density at radius 2 is 2.05 bits per heavy atom. The molecule has 1 aliphatic rings. The van der Waals surface area contributed by atoms with Crippen LogP contribution in [-0.4, -0.2) is 9.78 Å². The summed E-state index contributed by atoms with van der Waals surface area (Å²) in [4.78, 5) is 0. The van der Waals surface area contributed by atoms with Crippen molar-refractivity contribution >= 4 is 5.69 Å². The van der Waals surface area contributed by atoms with Gasteiger partial charge in [0.25, 0.3) is 0 Å². The Bertz CT molecular complexity index is 645. The van der Waals surface area contributed by atoms with E-state index in [1.165, 1.54) is 32.1 Å². The van der Waals surface area contributed by atoms with E-state index in [0.29, 0.717) is 17.3 Å². The van der Waals surface area contributed by atoms with Crippen molar-refractivity contribution in [2.75, 3.05) is 5.73 Å². The molecule has 20 heavy (non-hydrogen) atoms. The Kier molecular flexibility index (Phi) is 3.42.